The summed E-state index contributed by atoms with van der Waals surface area (Å²) < 4.78 is 15.5. The Morgan fingerprint density at radius 3 is 2.49 bits per heavy atom. The van der Waals surface area contributed by atoms with E-state index in [0.29, 0.717) is 24.3 Å². The molecule has 0 bridgehead atoms. The van der Waals surface area contributed by atoms with Crippen molar-refractivity contribution in [3.63, 3.8) is 0 Å². The number of hydrogen-bond donors (Lipinski definition) is 3. The van der Waals surface area contributed by atoms with E-state index < -0.39 is 36.0 Å². The monoisotopic (exact) mass is 639 g/mol. The Labute approximate surface area is 269 Å². The molecule has 4 N–H and O–H groups in total. The molecule has 10 nitrogen and oxygen atoms in total. The Morgan fingerprint density at radius 2 is 1.84 bits per heavy atom. The molecule has 0 spiro atoms. The first-order chi connectivity index (χ1) is 21.5. The second kappa shape index (κ2) is 19.7. The molecule has 1 heterocycles. The van der Waals surface area contributed by atoms with Crippen molar-refractivity contribution in [3.8, 4) is 0 Å². The van der Waals surface area contributed by atoms with Crippen molar-refractivity contribution in [1.29, 1.82) is 0 Å². The molecular weight excluding hydrogens is 598 g/mol. The molecule has 1 unspecified atom stereocenters. The van der Waals surface area contributed by atoms with Crippen LogP contribution in [0.4, 0.5) is 4.79 Å². The number of ether oxygens (including phenoxy) is 3. The predicted octanol–water partition coefficient (Wildman–Crippen LogP) is 5.27. The number of nitrogens with one attached hydrogen (secondary N) is 2. The number of benzene rings is 1. The van der Waals surface area contributed by atoms with E-state index in [1.165, 1.54) is 19.4 Å². The largest absolute Gasteiger partial charge is 0.490 e. The fourth-order valence-corrected chi connectivity index (χ4v) is 4.45. The van der Waals surface area contributed by atoms with Crippen molar-refractivity contribution in [3.05, 3.63) is 107 Å². The van der Waals surface area contributed by atoms with Crippen LogP contribution in [0.2, 0.25) is 0 Å². The summed E-state index contributed by atoms with van der Waals surface area (Å²) in [5.74, 6) is -1.14. The summed E-state index contributed by atoms with van der Waals surface area (Å²) in [7, 11) is 1.43. The Kier molecular flexibility index (Phi) is 16.0. The second-order valence-corrected chi connectivity index (χ2v) is 11.0. The van der Waals surface area contributed by atoms with Crippen LogP contribution in [0, 0.1) is 5.92 Å². The van der Waals surface area contributed by atoms with Crippen molar-refractivity contribution in [2.24, 2.45) is 11.7 Å². The normalized spacial score (nSPS) is 17.8. The van der Waals surface area contributed by atoms with E-state index in [1.54, 1.807) is 37.3 Å². The maximum absolute atomic E-state index is 13.0. The van der Waals surface area contributed by atoms with Crippen LogP contribution in [-0.2, 0) is 35.0 Å². The molecule has 1 aliphatic heterocycles. The van der Waals surface area contributed by atoms with Gasteiger partial charge in [0.15, 0.2) is 5.76 Å². The van der Waals surface area contributed by atoms with Crippen LogP contribution in [0.5, 0.6) is 0 Å². The highest BCUT2D eigenvalue weighted by atomic mass is 35.5. The SMILES string of the molecule is COC1=CCC([C@@H](C)/C=C(C)/C=C\C=C/C(=O)N[C@@H](Cc2ccccc2)C(=O)N/C=C\C[C@H](C/C=C(\C)Cl)OC(N)=O)OC1=O. The highest BCUT2D eigenvalue weighted by molar-refractivity contribution is 6.29. The number of allylic oxidation sites excluding steroid dienone is 5. The molecule has 1 aliphatic rings. The minimum Gasteiger partial charge on any atom is -0.490 e. The molecule has 0 saturated heterocycles. The summed E-state index contributed by atoms with van der Waals surface area (Å²) in [5.41, 5.74) is 6.95. The van der Waals surface area contributed by atoms with Gasteiger partial charge in [0.2, 0.25) is 11.8 Å². The number of methoxy groups -OCH3 is 1. The number of esters is 1. The average Bonchev–Trinajstić information content (AvgIpc) is 2.99. The molecule has 4 atom stereocenters. The van der Waals surface area contributed by atoms with Gasteiger partial charge in [-0.1, -0.05) is 90.9 Å². The van der Waals surface area contributed by atoms with Crippen LogP contribution in [0.25, 0.3) is 0 Å². The fraction of sp³-hybridized carbons (Fsp3) is 0.353. The van der Waals surface area contributed by atoms with Gasteiger partial charge in [-0.2, -0.15) is 0 Å². The molecule has 0 saturated carbocycles. The maximum Gasteiger partial charge on any atom is 0.404 e. The lowest BCUT2D eigenvalue weighted by molar-refractivity contribution is -0.151. The van der Waals surface area contributed by atoms with Crippen LogP contribution in [0.15, 0.2) is 102 Å². The molecule has 1 aromatic rings. The third kappa shape index (κ3) is 14.6. The predicted molar refractivity (Wildman–Crippen MR) is 173 cm³/mol. The van der Waals surface area contributed by atoms with Crippen molar-refractivity contribution >= 4 is 35.5 Å². The quantitative estimate of drug-likeness (QED) is 0.127. The molecule has 1 aromatic carbocycles. The van der Waals surface area contributed by atoms with Crippen LogP contribution in [0.1, 0.15) is 45.6 Å². The standard InChI is InChI=1S/C34H42ClN3O7/c1-23(21-24(2)29-18-19-30(43-4)33(41)45-29)11-8-9-15-31(39)38-28(22-26-12-6-5-7-13-26)32(40)37-20-10-14-27(44-34(36)42)17-16-25(3)35/h5-13,15-16,19-21,24,27-29H,14,17-18,22H2,1-4H3,(H2,36,42)(H,37,40)(H,38,39)/b11-8-,15-9-,20-10-,23-21+,25-16+/t24-,27+,28-,29?/m0/s1. The number of carbonyl (C=O) groups excluding carboxylic acids is 4. The first kappa shape index (κ1) is 36.6. The summed E-state index contributed by atoms with van der Waals surface area (Å²) in [6.07, 6.45) is 14.7. The zero-order valence-corrected chi connectivity index (χ0v) is 26.8. The first-order valence-electron chi connectivity index (χ1n) is 14.5. The summed E-state index contributed by atoms with van der Waals surface area (Å²) >= 11 is 5.86. The number of halogens is 1. The van der Waals surface area contributed by atoms with E-state index in [-0.39, 0.29) is 24.2 Å². The molecule has 242 valence electrons. The lowest BCUT2D eigenvalue weighted by atomic mass is 9.97. The van der Waals surface area contributed by atoms with Gasteiger partial charge in [0.25, 0.3) is 0 Å². The Hall–Kier alpha value is -4.57. The molecule has 11 heteroatoms. The zero-order valence-electron chi connectivity index (χ0n) is 26.0. The lowest BCUT2D eigenvalue weighted by Crippen LogP contribution is -2.46. The average molecular weight is 640 g/mol. The zero-order chi connectivity index (χ0) is 33.2. The second-order valence-electron chi connectivity index (χ2n) is 10.4. The van der Waals surface area contributed by atoms with Crippen molar-refractivity contribution in [1.82, 2.24) is 10.6 Å². The Balaban J connectivity index is 1.98. The molecule has 0 aliphatic carbocycles. The van der Waals surface area contributed by atoms with Gasteiger partial charge in [0.05, 0.1) is 7.11 Å². The van der Waals surface area contributed by atoms with E-state index >= 15 is 0 Å². The summed E-state index contributed by atoms with van der Waals surface area (Å²) in [4.78, 5) is 48.9. The van der Waals surface area contributed by atoms with E-state index in [9.17, 15) is 19.2 Å². The number of rotatable bonds is 16. The van der Waals surface area contributed by atoms with Crippen LogP contribution >= 0.6 is 11.6 Å². The van der Waals surface area contributed by atoms with Gasteiger partial charge in [-0.3, -0.25) is 9.59 Å². The number of amides is 3. The summed E-state index contributed by atoms with van der Waals surface area (Å²) in [5, 5.41) is 5.99. The van der Waals surface area contributed by atoms with Gasteiger partial charge in [-0.05, 0) is 31.7 Å². The highest BCUT2D eigenvalue weighted by Crippen LogP contribution is 2.22. The first-order valence-corrected chi connectivity index (χ1v) is 14.9. The van der Waals surface area contributed by atoms with Crippen LogP contribution in [-0.4, -0.2) is 49.2 Å². The number of cyclic esters (lactones) is 1. The number of carbonyl (C=O) groups is 4. The number of primary amides is 1. The van der Waals surface area contributed by atoms with E-state index in [2.05, 4.69) is 10.6 Å². The summed E-state index contributed by atoms with van der Waals surface area (Å²) in [6, 6.07) is 8.47. The maximum atomic E-state index is 13.0. The Morgan fingerprint density at radius 1 is 1.13 bits per heavy atom. The molecule has 2 rings (SSSR count). The number of hydrogen-bond acceptors (Lipinski definition) is 7. The van der Waals surface area contributed by atoms with Crippen molar-refractivity contribution in [2.45, 2.75) is 64.7 Å². The van der Waals surface area contributed by atoms with Gasteiger partial charge >= 0.3 is 12.1 Å². The topological polar surface area (TPSA) is 146 Å². The van der Waals surface area contributed by atoms with Crippen LogP contribution in [0.3, 0.4) is 0 Å². The molecule has 3 amide bonds. The third-order valence-corrected chi connectivity index (χ3v) is 6.80. The Bertz CT molecular complexity index is 1340. The minimum atomic E-state index is -0.905. The highest BCUT2D eigenvalue weighted by Gasteiger charge is 2.27. The van der Waals surface area contributed by atoms with Gasteiger partial charge in [0, 0.05) is 42.7 Å². The van der Waals surface area contributed by atoms with Crippen molar-refractivity contribution < 1.29 is 33.4 Å². The molecule has 0 fully saturated rings. The van der Waals surface area contributed by atoms with E-state index in [0.717, 1.165) is 11.1 Å². The van der Waals surface area contributed by atoms with Gasteiger partial charge in [0.1, 0.15) is 18.2 Å². The van der Waals surface area contributed by atoms with E-state index in [1.807, 2.05) is 56.3 Å². The van der Waals surface area contributed by atoms with E-state index in [4.69, 9.17) is 31.5 Å². The lowest BCUT2D eigenvalue weighted by Gasteiger charge is -2.25. The fourth-order valence-electron chi connectivity index (χ4n) is 4.36. The van der Waals surface area contributed by atoms with Crippen LogP contribution < -0.4 is 16.4 Å². The molecule has 0 radical (unpaired) electrons. The van der Waals surface area contributed by atoms with Gasteiger partial charge < -0.3 is 30.6 Å². The molecule has 45 heavy (non-hydrogen) atoms. The minimum absolute atomic E-state index is 0.0277. The smallest absolute Gasteiger partial charge is 0.404 e. The number of nitrogens with two attached hydrogens (primary N) is 1. The van der Waals surface area contributed by atoms with Gasteiger partial charge in [-0.25, -0.2) is 9.59 Å². The van der Waals surface area contributed by atoms with Gasteiger partial charge in [-0.15, -0.1) is 0 Å². The third-order valence-electron chi connectivity index (χ3n) is 6.65. The molecule has 0 aromatic heterocycles. The molecular formula is C34H42ClN3O7. The van der Waals surface area contributed by atoms with Crippen molar-refractivity contribution in [2.75, 3.05) is 7.11 Å². The summed E-state index contributed by atoms with van der Waals surface area (Å²) in [6.45, 7) is 5.58.